The highest BCUT2D eigenvalue weighted by molar-refractivity contribution is 5.36. The van der Waals surface area contributed by atoms with Crippen molar-refractivity contribution in [3.05, 3.63) is 65.7 Å². The first-order valence-electron chi connectivity index (χ1n) is 11.9. The second kappa shape index (κ2) is 11.7. The van der Waals surface area contributed by atoms with Gasteiger partial charge in [-0.15, -0.1) is 0 Å². The molecule has 1 aliphatic heterocycles. The van der Waals surface area contributed by atoms with Gasteiger partial charge in [0.2, 0.25) is 0 Å². The lowest BCUT2D eigenvalue weighted by Crippen LogP contribution is -2.47. The summed E-state index contributed by atoms with van der Waals surface area (Å²) in [6, 6.07) is 18.6. The van der Waals surface area contributed by atoms with Crippen molar-refractivity contribution in [3.63, 3.8) is 0 Å². The van der Waals surface area contributed by atoms with Gasteiger partial charge in [0.15, 0.2) is 0 Å². The molecule has 0 spiro atoms. The SMILES string of the molecule is CCCCCOc1ccc([C@@](O)(C(C)C)[C@H](CN2CCOCC2)c2ccccc2)cc1. The number of nitrogens with zero attached hydrogens (tertiary/aromatic N) is 1. The average molecular weight is 426 g/mol. The van der Waals surface area contributed by atoms with E-state index in [0.717, 1.165) is 57.2 Å². The fraction of sp³-hybridized carbons (Fsp3) is 0.556. The molecule has 1 fully saturated rings. The maximum Gasteiger partial charge on any atom is 0.119 e. The van der Waals surface area contributed by atoms with Gasteiger partial charge in [-0.3, -0.25) is 4.90 Å². The maximum absolute atomic E-state index is 12.2. The number of hydrogen-bond acceptors (Lipinski definition) is 4. The predicted molar refractivity (Wildman–Crippen MR) is 127 cm³/mol. The maximum atomic E-state index is 12.2. The molecule has 4 heteroatoms. The van der Waals surface area contributed by atoms with Crippen LogP contribution in [-0.4, -0.2) is 49.5 Å². The molecule has 170 valence electrons. The fourth-order valence-corrected chi connectivity index (χ4v) is 4.52. The van der Waals surface area contributed by atoms with Crippen molar-refractivity contribution in [3.8, 4) is 5.75 Å². The van der Waals surface area contributed by atoms with Gasteiger partial charge in [-0.1, -0.05) is 76.1 Å². The van der Waals surface area contributed by atoms with Gasteiger partial charge in [-0.2, -0.15) is 0 Å². The second-order valence-corrected chi connectivity index (χ2v) is 8.94. The van der Waals surface area contributed by atoms with Crippen molar-refractivity contribution in [2.24, 2.45) is 5.92 Å². The zero-order valence-corrected chi connectivity index (χ0v) is 19.4. The minimum Gasteiger partial charge on any atom is -0.494 e. The van der Waals surface area contributed by atoms with Crippen LogP contribution in [0.5, 0.6) is 5.75 Å². The largest absolute Gasteiger partial charge is 0.494 e. The van der Waals surface area contributed by atoms with E-state index < -0.39 is 5.60 Å². The number of rotatable bonds is 11. The molecule has 0 bridgehead atoms. The summed E-state index contributed by atoms with van der Waals surface area (Å²) in [6.07, 6.45) is 3.45. The first-order chi connectivity index (χ1) is 15.1. The molecule has 0 radical (unpaired) electrons. The topological polar surface area (TPSA) is 41.9 Å². The summed E-state index contributed by atoms with van der Waals surface area (Å²) in [4.78, 5) is 2.42. The molecule has 2 aromatic carbocycles. The molecular formula is C27H39NO3. The number of aliphatic hydroxyl groups is 1. The Morgan fingerprint density at radius 2 is 1.68 bits per heavy atom. The predicted octanol–water partition coefficient (Wildman–Crippen LogP) is 5.22. The minimum atomic E-state index is -0.986. The van der Waals surface area contributed by atoms with Crippen molar-refractivity contribution in [1.29, 1.82) is 0 Å². The van der Waals surface area contributed by atoms with Crippen LogP contribution >= 0.6 is 0 Å². The van der Waals surface area contributed by atoms with Crippen molar-refractivity contribution in [2.45, 2.75) is 51.6 Å². The van der Waals surface area contributed by atoms with Crippen LogP contribution in [0.15, 0.2) is 54.6 Å². The summed E-state index contributed by atoms with van der Waals surface area (Å²) in [5, 5.41) is 12.2. The quantitative estimate of drug-likeness (QED) is 0.502. The van der Waals surface area contributed by atoms with E-state index in [-0.39, 0.29) is 11.8 Å². The molecule has 1 saturated heterocycles. The Morgan fingerprint density at radius 1 is 1.00 bits per heavy atom. The molecule has 0 saturated carbocycles. The Balaban J connectivity index is 1.87. The van der Waals surface area contributed by atoms with Crippen LogP contribution in [0.1, 0.15) is 57.1 Å². The molecule has 31 heavy (non-hydrogen) atoms. The van der Waals surface area contributed by atoms with E-state index in [4.69, 9.17) is 9.47 Å². The van der Waals surface area contributed by atoms with Crippen molar-refractivity contribution >= 4 is 0 Å². The molecule has 0 amide bonds. The molecule has 4 nitrogen and oxygen atoms in total. The van der Waals surface area contributed by atoms with E-state index in [2.05, 4.69) is 49.9 Å². The number of morpholine rings is 1. The molecule has 2 aromatic rings. The van der Waals surface area contributed by atoms with Gasteiger partial charge in [-0.05, 0) is 35.6 Å². The Bertz CT molecular complexity index is 756. The van der Waals surface area contributed by atoms with E-state index in [1.807, 2.05) is 30.3 Å². The molecule has 1 heterocycles. The third-order valence-corrected chi connectivity index (χ3v) is 6.49. The van der Waals surface area contributed by atoms with Crippen LogP contribution in [0, 0.1) is 5.92 Å². The lowest BCUT2D eigenvalue weighted by atomic mass is 9.70. The molecule has 2 atom stereocenters. The number of ether oxygens (including phenoxy) is 2. The van der Waals surface area contributed by atoms with Crippen molar-refractivity contribution in [2.75, 3.05) is 39.5 Å². The van der Waals surface area contributed by atoms with E-state index >= 15 is 0 Å². The van der Waals surface area contributed by atoms with Gasteiger partial charge >= 0.3 is 0 Å². The van der Waals surface area contributed by atoms with Crippen LogP contribution in [-0.2, 0) is 10.3 Å². The summed E-state index contributed by atoms with van der Waals surface area (Å²) in [7, 11) is 0. The van der Waals surface area contributed by atoms with E-state index in [1.165, 1.54) is 18.4 Å². The van der Waals surface area contributed by atoms with Crippen LogP contribution in [0.25, 0.3) is 0 Å². The normalized spacial score (nSPS) is 18.0. The van der Waals surface area contributed by atoms with Gasteiger partial charge in [0.25, 0.3) is 0 Å². The molecule has 0 aromatic heterocycles. The van der Waals surface area contributed by atoms with E-state index in [1.54, 1.807) is 0 Å². The van der Waals surface area contributed by atoms with Gasteiger partial charge in [-0.25, -0.2) is 0 Å². The van der Waals surface area contributed by atoms with Gasteiger partial charge in [0.05, 0.1) is 25.4 Å². The third-order valence-electron chi connectivity index (χ3n) is 6.49. The number of unbranched alkanes of at least 4 members (excludes halogenated alkanes) is 2. The molecule has 0 unspecified atom stereocenters. The van der Waals surface area contributed by atoms with E-state index in [9.17, 15) is 5.11 Å². The zero-order chi connectivity index (χ0) is 22.1. The Hall–Kier alpha value is -1.88. The van der Waals surface area contributed by atoms with Crippen LogP contribution in [0.2, 0.25) is 0 Å². The number of benzene rings is 2. The third kappa shape index (κ3) is 6.09. The summed E-state index contributed by atoms with van der Waals surface area (Å²) in [5.41, 5.74) is 1.14. The first kappa shape index (κ1) is 23.8. The zero-order valence-electron chi connectivity index (χ0n) is 19.4. The summed E-state index contributed by atoms with van der Waals surface area (Å²) in [5.74, 6) is 0.883. The Labute approximate surface area is 188 Å². The van der Waals surface area contributed by atoms with Crippen LogP contribution in [0.4, 0.5) is 0 Å². The van der Waals surface area contributed by atoms with Gasteiger partial charge in [0.1, 0.15) is 5.75 Å². The lowest BCUT2D eigenvalue weighted by Gasteiger charge is -2.43. The Morgan fingerprint density at radius 3 is 2.29 bits per heavy atom. The molecule has 0 aliphatic carbocycles. The molecular weight excluding hydrogens is 386 g/mol. The lowest BCUT2D eigenvalue weighted by molar-refractivity contribution is -0.0547. The van der Waals surface area contributed by atoms with E-state index in [0.29, 0.717) is 0 Å². The summed E-state index contributed by atoms with van der Waals surface area (Å²) in [6.45, 7) is 11.3. The first-order valence-corrected chi connectivity index (χ1v) is 11.9. The van der Waals surface area contributed by atoms with Crippen molar-refractivity contribution in [1.82, 2.24) is 4.90 Å². The molecule has 3 rings (SSSR count). The fourth-order valence-electron chi connectivity index (χ4n) is 4.52. The van der Waals surface area contributed by atoms with Crippen LogP contribution < -0.4 is 4.74 Å². The minimum absolute atomic E-state index is 0.0388. The van der Waals surface area contributed by atoms with Crippen LogP contribution in [0.3, 0.4) is 0 Å². The average Bonchev–Trinajstić information content (AvgIpc) is 2.81. The number of hydrogen-bond donors (Lipinski definition) is 1. The van der Waals surface area contributed by atoms with Gasteiger partial charge < -0.3 is 14.6 Å². The standard InChI is InChI=1S/C27H39NO3/c1-4-5-9-18-31-25-14-12-24(13-15-25)27(29,22(2)3)26(23-10-7-6-8-11-23)21-28-16-19-30-20-17-28/h6-8,10-15,22,26,29H,4-5,9,16-21H2,1-3H3/t26-,27+/m1/s1. The second-order valence-electron chi connectivity index (χ2n) is 8.94. The summed E-state index contributed by atoms with van der Waals surface area (Å²) >= 11 is 0. The van der Waals surface area contributed by atoms with Crippen molar-refractivity contribution < 1.29 is 14.6 Å². The highest BCUT2D eigenvalue weighted by Crippen LogP contribution is 2.43. The Kier molecular flexibility index (Phi) is 8.94. The summed E-state index contributed by atoms with van der Waals surface area (Å²) < 4.78 is 11.4. The highest BCUT2D eigenvalue weighted by atomic mass is 16.5. The molecule has 1 N–H and O–H groups in total. The monoisotopic (exact) mass is 425 g/mol. The van der Waals surface area contributed by atoms with Gasteiger partial charge in [0, 0.05) is 25.6 Å². The molecule has 1 aliphatic rings. The highest BCUT2D eigenvalue weighted by Gasteiger charge is 2.43. The smallest absolute Gasteiger partial charge is 0.119 e.